The Morgan fingerprint density at radius 3 is 3.00 bits per heavy atom. The van der Waals surface area contributed by atoms with Gasteiger partial charge in [0.15, 0.2) is 0 Å². The minimum atomic E-state index is -0.192. The van der Waals surface area contributed by atoms with Gasteiger partial charge in [-0.1, -0.05) is 6.92 Å². The van der Waals surface area contributed by atoms with Gasteiger partial charge in [-0.15, -0.1) is 0 Å². The van der Waals surface area contributed by atoms with E-state index in [9.17, 15) is 4.79 Å². The fraction of sp³-hybridized carbons (Fsp3) is 0.929. The van der Waals surface area contributed by atoms with Gasteiger partial charge in [0.1, 0.15) is 0 Å². The SMILES string of the molecule is CCC1(C)CN(C(=O)NC2CCCOCC2)CCO1. The van der Waals surface area contributed by atoms with Crippen molar-refractivity contribution in [3.8, 4) is 0 Å². The number of hydrogen-bond acceptors (Lipinski definition) is 3. The van der Waals surface area contributed by atoms with Crippen LogP contribution in [0.1, 0.15) is 39.5 Å². The van der Waals surface area contributed by atoms with Crippen molar-refractivity contribution in [1.29, 1.82) is 0 Å². The van der Waals surface area contributed by atoms with E-state index in [2.05, 4.69) is 19.2 Å². The quantitative estimate of drug-likeness (QED) is 0.832. The highest BCUT2D eigenvalue weighted by Gasteiger charge is 2.33. The highest BCUT2D eigenvalue weighted by atomic mass is 16.5. The minimum Gasteiger partial charge on any atom is -0.381 e. The molecule has 2 aliphatic heterocycles. The number of morpholine rings is 1. The van der Waals surface area contributed by atoms with E-state index in [1.807, 2.05) is 4.90 Å². The molecule has 2 atom stereocenters. The van der Waals surface area contributed by atoms with Crippen LogP contribution in [0.3, 0.4) is 0 Å². The molecule has 2 heterocycles. The summed E-state index contributed by atoms with van der Waals surface area (Å²) in [4.78, 5) is 14.2. The molecule has 110 valence electrons. The molecule has 0 saturated carbocycles. The number of nitrogens with one attached hydrogen (secondary N) is 1. The van der Waals surface area contributed by atoms with Crippen molar-refractivity contribution in [2.24, 2.45) is 0 Å². The van der Waals surface area contributed by atoms with E-state index in [1.54, 1.807) is 0 Å². The first-order valence-corrected chi connectivity index (χ1v) is 7.40. The van der Waals surface area contributed by atoms with Crippen LogP contribution >= 0.6 is 0 Å². The first-order valence-electron chi connectivity index (χ1n) is 7.40. The van der Waals surface area contributed by atoms with E-state index in [0.29, 0.717) is 19.7 Å². The lowest BCUT2D eigenvalue weighted by Gasteiger charge is -2.40. The van der Waals surface area contributed by atoms with Gasteiger partial charge in [-0.2, -0.15) is 0 Å². The summed E-state index contributed by atoms with van der Waals surface area (Å²) in [6.07, 6.45) is 3.89. The van der Waals surface area contributed by atoms with Gasteiger partial charge in [-0.05, 0) is 32.6 Å². The fourth-order valence-corrected chi connectivity index (χ4v) is 2.63. The molecule has 0 aromatic rings. The molecular formula is C14H26N2O3. The van der Waals surface area contributed by atoms with Crippen LogP contribution in [0.4, 0.5) is 4.79 Å². The van der Waals surface area contributed by atoms with E-state index in [-0.39, 0.29) is 17.7 Å². The van der Waals surface area contributed by atoms with Gasteiger partial charge in [0.25, 0.3) is 0 Å². The number of ether oxygens (including phenoxy) is 2. The Bertz CT molecular complexity index is 303. The van der Waals surface area contributed by atoms with E-state index in [0.717, 1.165) is 38.9 Å². The number of amides is 2. The zero-order chi connectivity index (χ0) is 13.7. The summed E-state index contributed by atoms with van der Waals surface area (Å²) in [5, 5.41) is 3.14. The highest BCUT2D eigenvalue weighted by molar-refractivity contribution is 5.74. The second kappa shape index (κ2) is 6.57. The minimum absolute atomic E-state index is 0.0508. The van der Waals surface area contributed by atoms with Crippen LogP contribution in [0.2, 0.25) is 0 Å². The molecule has 1 N–H and O–H groups in total. The molecule has 2 unspecified atom stereocenters. The molecule has 5 heteroatoms. The summed E-state index contributed by atoms with van der Waals surface area (Å²) < 4.78 is 11.2. The van der Waals surface area contributed by atoms with Crippen molar-refractivity contribution < 1.29 is 14.3 Å². The number of carbonyl (C=O) groups excluding carboxylic acids is 1. The first kappa shape index (κ1) is 14.6. The Labute approximate surface area is 115 Å². The monoisotopic (exact) mass is 270 g/mol. The van der Waals surface area contributed by atoms with Crippen LogP contribution in [0, 0.1) is 0 Å². The van der Waals surface area contributed by atoms with Crippen molar-refractivity contribution >= 4 is 6.03 Å². The lowest BCUT2D eigenvalue weighted by molar-refractivity contribution is -0.0874. The number of nitrogens with zero attached hydrogens (tertiary/aromatic N) is 1. The molecule has 5 nitrogen and oxygen atoms in total. The molecule has 0 aromatic carbocycles. The van der Waals surface area contributed by atoms with Crippen molar-refractivity contribution in [2.45, 2.75) is 51.2 Å². The summed E-state index contributed by atoms with van der Waals surface area (Å²) in [6.45, 7) is 7.74. The predicted molar refractivity (Wildman–Crippen MR) is 73.2 cm³/mol. The number of urea groups is 1. The van der Waals surface area contributed by atoms with Gasteiger partial charge in [0.2, 0.25) is 0 Å². The second-order valence-corrected chi connectivity index (χ2v) is 5.76. The molecule has 0 aromatic heterocycles. The van der Waals surface area contributed by atoms with Gasteiger partial charge in [-0.25, -0.2) is 4.79 Å². The number of hydrogen-bond donors (Lipinski definition) is 1. The topological polar surface area (TPSA) is 50.8 Å². The summed E-state index contributed by atoms with van der Waals surface area (Å²) in [6, 6.07) is 0.306. The molecule has 2 aliphatic rings. The molecule has 2 saturated heterocycles. The Hall–Kier alpha value is -0.810. The lowest BCUT2D eigenvalue weighted by Crippen LogP contribution is -2.55. The van der Waals surface area contributed by atoms with Gasteiger partial charge in [-0.3, -0.25) is 0 Å². The van der Waals surface area contributed by atoms with E-state index >= 15 is 0 Å². The largest absolute Gasteiger partial charge is 0.381 e. The third-order valence-electron chi connectivity index (χ3n) is 4.15. The molecule has 19 heavy (non-hydrogen) atoms. The zero-order valence-corrected chi connectivity index (χ0v) is 12.1. The predicted octanol–water partition coefficient (Wildman–Crippen LogP) is 1.77. The average Bonchev–Trinajstić information content (AvgIpc) is 2.67. The summed E-state index contributed by atoms with van der Waals surface area (Å²) in [5.74, 6) is 0. The Kier molecular flexibility index (Phi) is 5.05. The first-order chi connectivity index (χ1) is 9.13. The van der Waals surface area contributed by atoms with E-state index in [1.165, 1.54) is 0 Å². The zero-order valence-electron chi connectivity index (χ0n) is 12.1. The molecule has 0 aliphatic carbocycles. The molecular weight excluding hydrogens is 244 g/mol. The standard InChI is InChI=1S/C14H26N2O3/c1-3-14(2)11-16(7-10-19-14)13(17)15-12-5-4-8-18-9-6-12/h12H,3-11H2,1-2H3,(H,15,17). The van der Waals surface area contributed by atoms with Crippen LogP contribution in [0.25, 0.3) is 0 Å². The fourth-order valence-electron chi connectivity index (χ4n) is 2.63. The van der Waals surface area contributed by atoms with E-state index in [4.69, 9.17) is 9.47 Å². The maximum absolute atomic E-state index is 12.3. The smallest absolute Gasteiger partial charge is 0.317 e. The molecule has 2 rings (SSSR count). The van der Waals surface area contributed by atoms with Gasteiger partial charge in [0, 0.05) is 25.8 Å². The lowest BCUT2D eigenvalue weighted by atomic mass is 10.0. The normalized spacial score (nSPS) is 32.7. The summed E-state index contributed by atoms with van der Waals surface area (Å²) in [5.41, 5.74) is -0.192. The molecule has 2 fully saturated rings. The van der Waals surface area contributed by atoms with Crippen LogP contribution in [0.15, 0.2) is 0 Å². The second-order valence-electron chi connectivity index (χ2n) is 5.76. The highest BCUT2D eigenvalue weighted by Crippen LogP contribution is 2.21. The third-order valence-corrected chi connectivity index (χ3v) is 4.15. The Morgan fingerprint density at radius 2 is 2.21 bits per heavy atom. The maximum Gasteiger partial charge on any atom is 0.317 e. The molecule has 0 bridgehead atoms. The van der Waals surface area contributed by atoms with Crippen molar-refractivity contribution in [3.05, 3.63) is 0 Å². The Balaban J connectivity index is 1.84. The van der Waals surface area contributed by atoms with Crippen molar-refractivity contribution in [1.82, 2.24) is 10.2 Å². The van der Waals surface area contributed by atoms with E-state index < -0.39 is 0 Å². The number of rotatable bonds is 2. The van der Waals surface area contributed by atoms with Crippen LogP contribution in [0.5, 0.6) is 0 Å². The average molecular weight is 270 g/mol. The molecule has 2 amide bonds. The molecule has 0 spiro atoms. The summed E-state index contributed by atoms with van der Waals surface area (Å²) >= 11 is 0. The Morgan fingerprint density at radius 1 is 1.37 bits per heavy atom. The van der Waals surface area contributed by atoms with Crippen molar-refractivity contribution in [3.63, 3.8) is 0 Å². The summed E-state index contributed by atoms with van der Waals surface area (Å²) in [7, 11) is 0. The third kappa shape index (κ3) is 4.08. The van der Waals surface area contributed by atoms with Crippen LogP contribution < -0.4 is 5.32 Å². The molecule has 0 radical (unpaired) electrons. The van der Waals surface area contributed by atoms with Crippen molar-refractivity contribution in [2.75, 3.05) is 32.9 Å². The van der Waals surface area contributed by atoms with Crippen LogP contribution in [-0.2, 0) is 9.47 Å². The van der Waals surface area contributed by atoms with Gasteiger partial charge < -0.3 is 19.7 Å². The van der Waals surface area contributed by atoms with Crippen LogP contribution in [-0.4, -0.2) is 55.5 Å². The number of carbonyl (C=O) groups is 1. The maximum atomic E-state index is 12.3. The van der Waals surface area contributed by atoms with Gasteiger partial charge >= 0.3 is 6.03 Å². The van der Waals surface area contributed by atoms with Gasteiger partial charge in [0.05, 0.1) is 18.8 Å².